The zero-order valence-corrected chi connectivity index (χ0v) is 57.3. The lowest BCUT2D eigenvalue weighted by Crippen LogP contribution is -2.03. The number of hydrogen-bond donors (Lipinski definition) is 0. The maximum absolute atomic E-state index is 7.73. The van der Waals surface area contributed by atoms with Gasteiger partial charge in [-0.3, -0.25) is 0 Å². The van der Waals surface area contributed by atoms with Gasteiger partial charge < -0.3 is 35.3 Å². The number of hydrogen-bond acceptors (Lipinski definition) is 4. The van der Waals surface area contributed by atoms with Crippen molar-refractivity contribution in [1.29, 1.82) is 0 Å². The lowest BCUT2D eigenvalue weighted by atomic mass is 9.84. The van der Waals surface area contributed by atoms with Crippen molar-refractivity contribution in [3.05, 3.63) is 228 Å². The smallest absolute Gasteiger partial charge is 0.145 e. The van der Waals surface area contributed by atoms with Gasteiger partial charge in [0.2, 0.25) is 0 Å². The maximum atomic E-state index is 7.73. The van der Waals surface area contributed by atoms with E-state index in [1.165, 1.54) is 202 Å². The fourth-order valence-corrected chi connectivity index (χ4v) is 22.0. The van der Waals surface area contributed by atoms with Gasteiger partial charge in [-0.25, -0.2) is 0 Å². The van der Waals surface area contributed by atoms with E-state index in [0.29, 0.717) is 0 Å². The van der Waals surface area contributed by atoms with Crippen LogP contribution in [0.2, 0.25) is 0 Å². The summed E-state index contributed by atoms with van der Waals surface area (Å²) < 4.78 is 39.5. The molecule has 14 aromatic carbocycles. The van der Waals surface area contributed by atoms with E-state index in [4.69, 9.17) is 17.7 Å². The molecule has 1 unspecified atom stereocenters. The van der Waals surface area contributed by atoms with Crippen molar-refractivity contribution in [2.45, 2.75) is 72.1 Å². The molecule has 0 saturated heterocycles. The first-order chi connectivity index (χ1) is 50.6. The number of para-hydroxylation sites is 5. The van der Waals surface area contributed by atoms with Gasteiger partial charge in [-0.2, -0.15) is 0 Å². The largest absolute Gasteiger partial charge is 0.456 e. The van der Waals surface area contributed by atoms with Gasteiger partial charge in [-0.1, -0.05) is 170 Å². The van der Waals surface area contributed by atoms with Crippen LogP contribution in [0.5, 0.6) is 0 Å². The summed E-state index contributed by atoms with van der Waals surface area (Å²) in [7, 11) is 0. The minimum atomic E-state index is 0.0101. The first kappa shape index (κ1) is 53.4. The molecule has 8 heteroatoms. The highest BCUT2D eigenvalue weighted by Gasteiger charge is 2.39. The molecule has 1 aliphatic rings. The van der Waals surface area contributed by atoms with E-state index in [0.717, 1.165) is 77.3 Å². The van der Waals surface area contributed by atoms with Gasteiger partial charge in [0, 0.05) is 130 Å². The summed E-state index contributed by atoms with van der Waals surface area (Å²) in [6.45, 7) is 16.9. The minimum absolute atomic E-state index is 0.0101. The van der Waals surface area contributed by atoms with Crippen LogP contribution in [-0.4, -0.2) is 17.6 Å². The Morgan fingerprint density at radius 1 is 0.262 bits per heavy atom. The Morgan fingerprint density at radius 2 is 0.680 bits per heavy atom. The van der Waals surface area contributed by atoms with Crippen molar-refractivity contribution in [3.8, 4) is 11.1 Å². The van der Waals surface area contributed by atoms with Gasteiger partial charge in [0.1, 0.15) is 44.7 Å². The fraction of sp³-hybridized carbons (Fsp3) is 0.116. The summed E-state index contributed by atoms with van der Waals surface area (Å²) in [4.78, 5) is 0. The summed E-state index contributed by atoms with van der Waals surface area (Å²) in [5, 5.41) is 29.4. The Hall–Kier alpha value is -12.5. The molecule has 0 saturated carbocycles. The summed E-state index contributed by atoms with van der Waals surface area (Å²) >= 11 is 0. The molecule has 8 nitrogen and oxygen atoms in total. The highest BCUT2D eigenvalue weighted by molar-refractivity contribution is 6.44. The van der Waals surface area contributed by atoms with Crippen LogP contribution >= 0.6 is 0 Å². The highest BCUT2D eigenvalue weighted by Crippen LogP contribution is 2.61. The number of fused-ring (bicyclic) bond motifs is 35. The second kappa shape index (κ2) is 17.3. The summed E-state index contributed by atoms with van der Waals surface area (Å²) in [6.07, 6.45) is 0. The summed E-state index contributed by atoms with van der Waals surface area (Å²) in [5.74, 6) is 0.375. The minimum Gasteiger partial charge on any atom is -0.456 e. The van der Waals surface area contributed by atoms with Crippen LogP contribution in [0.3, 0.4) is 0 Å². The third-order valence-electron chi connectivity index (χ3n) is 25.4. The molecule has 12 heterocycles. The van der Waals surface area contributed by atoms with E-state index in [1.54, 1.807) is 0 Å². The van der Waals surface area contributed by atoms with Crippen LogP contribution in [0.15, 0.2) is 218 Å². The van der Waals surface area contributed by atoms with Crippen molar-refractivity contribution in [2.24, 2.45) is 0 Å². The topological polar surface area (TPSA) is 70.2 Å². The molecule has 0 amide bonds. The average Bonchev–Trinajstić information content (AvgIpc) is 1.51. The third kappa shape index (κ3) is 5.67. The van der Waals surface area contributed by atoms with E-state index in [2.05, 4.69) is 266 Å². The van der Waals surface area contributed by atoms with Gasteiger partial charge in [0.25, 0.3) is 0 Å². The number of rotatable bonds is 4. The molecule has 12 aromatic heterocycles. The van der Waals surface area contributed by atoms with Crippen LogP contribution in [0, 0.1) is 0 Å². The molecular formula is C95H58N4O4. The van der Waals surface area contributed by atoms with Crippen molar-refractivity contribution in [3.63, 3.8) is 0 Å². The number of benzene rings is 14. The Bertz CT molecular complexity index is 8550. The normalized spacial score (nSPS) is 14.5. The molecule has 26 aromatic rings. The van der Waals surface area contributed by atoms with E-state index >= 15 is 0 Å². The molecule has 0 radical (unpaired) electrons. The van der Waals surface area contributed by atoms with Crippen LogP contribution in [0.4, 0.5) is 0 Å². The monoisotopic (exact) mass is 1320 g/mol. The molecule has 103 heavy (non-hydrogen) atoms. The predicted molar refractivity (Wildman–Crippen MR) is 429 cm³/mol. The van der Waals surface area contributed by atoms with Gasteiger partial charge in [0.15, 0.2) is 0 Å². The van der Waals surface area contributed by atoms with Crippen LogP contribution in [0.25, 0.3) is 251 Å². The average molecular weight is 1320 g/mol. The summed E-state index contributed by atoms with van der Waals surface area (Å²) in [5.41, 5.74) is 31.3. The van der Waals surface area contributed by atoms with Gasteiger partial charge in [-0.05, 0) is 136 Å². The highest BCUT2D eigenvalue weighted by atomic mass is 16.3. The number of aromatic nitrogens is 4. The molecule has 1 aliphatic carbocycles. The fourth-order valence-electron chi connectivity index (χ4n) is 22.0. The van der Waals surface area contributed by atoms with Crippen molar-refractivity contribution in [1.82, 2.24) is 17.6 Å². The van der Waals surface area contributed by atoms with Crippen molar-refractivity contribution in [2.75, 3.05) is 0 Å². The zero-order chi connectivity index (χ0) is 67.2. The van der Waals surface area contributed by atoms with E-state index < -0.39 is 0 Å². The molecule has 27 rings (SSSR count). The molecule has 0 N–H and O–H groups in total. The summed E-state index contributed by atoms with van der Waals surface area (Å²) in [6, 6.07) is 74.9. The molecular weight excluding hydrogens is 1260 g/mol. The van der Waals surface area contributed by atoms with E-state index in [-0.39, 0.29) is 23.7 Å². The molecule has 0 bridgehead atoms. The molecule has 1 atom stereocenters. The van der Waals surface area contributed by atoms with Gasteiger partial charge in [0.05, 0.1) is 71.6 Å². The van der Waals surface area contributed by atoms with Gasteiger partial charge in [-0.15, -0.1) is 0 Å². The Kier molecular flexibility index (Phi) is 8.95. The zero-order valence-electron chi connectivity index (χ0n) is 57.3. The molecule has 0 aliphatic heterocycles. The van der Waals surface area contributed by atoms with E-state index in [9.17, 15) is 0 Å². The standard InChI is InChI=1S/C95H58N4O4/c1-41(2)70-80-84-77-52-24-12-17-31-64(52)101-68(77)40-57-53-36-45(34-35-62(53)99(89(57)84)92(80)71(42(3)4)79-83-76-51-23-11-16-30-63(51)100-67(76)38-55-49-21-9-14-28-60(49)96(87(55)83)91(70)79)47-26-19-32-65-74(47)58-37-54-48-20-8-13-27-59(48)98-90(54)86(95(58)103-65)81-72(43(5)6)93-82-73(94(81)98)44(7)46-25-18-33-66-75(46)78-69(102-66)39-56-50-22-10-15-29-61(50)97(93)88(56)85(78)82/h8-44H,1-7H3. The SMILES string of the molecule is CC(C)c1c2c3c4c(cc5c6ccccc6n(c2c(C(C)C)c2c6c7c(cc8c9cc(-c%10cccc%11oc%12c(cc%13c%14ccccc%14n%14c%15c%16c%17c%18c%19c(cc%20c%21ccccc%21n(c%17c(C(C)C)c%15c%12c%13%14)c%20%18)oc%12cccc(c%12%19)C%16C)c%10%11)ccc9n(c12)c86)oc1ccccc17)c53)oc1ccccc14. The lowest BCUT2D eigenvalue weighted by molar-refractivity contribution is 0.669. The quantitative estimate of drug-likeness (QED) is 0.176. The molecule has 482 valence electrons. The Labute approximate surface area is 583 Å². The van der Waals surface area contributed by atoms with Crippen LogP contribution in [-0.2, 0) is 0 Å². The second-order valence-corrected chi connectivity index (χ2v) is 31.2. The van der Waals surface area contributed by atoms with Crippen molar-refractivity contribution < 1.29 is 17.7 Å². The number of furan rings is 4. The Morgan fingerprint density at radius 3 is 1.24 bits per heavy atom. The lowest BCUT2D eigenvalue weighted by Gasteiger charge is -2.20. The van der Waals surface area contributed by atoms with Crippen molar-refractivity contribution >= 4 is 240 Å². The van der Waals surface area contributed by atoms with Gasteiger partial charge >= 0.3 is 0 Å². The van der Waals surface area contributed by atoms with E-state index in [1.807, 2.05) is 0 Å². The second-order valence-electron chi connectivity index (χ2n) is 31.2. The predicted octanol–water partition coefficient (Wildman–Crippen LogP) is 27.4. The first-order valence-electron chi connectivity index (χ1n) is 36.7. The Balaban J connectivity index is 0.800. The molecule has 0 fully saturated rings. The molecule has 0 spiro atoms. The number of nitrogens with zero attached hydrogens (tertiary/aromatic N) is 4. The third-order valence-corrected chi connectivity index (χ3v) is 25.4. The van der Waals surface area contributed by atoms with Crippen LogP contribution < -0.4 is 0 Å². The maximum Gasteiger partial charge on any atom is 0.145 e. The van der Waals surface area contributed by atoms with Crippen LogP contribution in [0.1, 0.15) is 100.0 Å². The first-order valence-corrected chi connectivity index (χ1v) is 36.7.